The Balaban J connectivity index is 1.14. The second kappa shape index (κ2) is 7.62. The van der Waals surface area contributed by atoms with Crippen LogP contribution in [-0.2, 0) is 12.8 Å². The second-order valence-corrected chi connectivity index (χ2v) is 9.24. The van der Waals surface area contributed by atoms with Crippen molar-refractivity contribution in [2.45, 2.75) is 51.0 Å². The first-order chi connectivity index (χ1) is 13.7. The lowest BCUT2D eigenvalue weighted by atomic mass is 9.54. The van der Waals surface area contributed by atoms with Crippen molar-refractivity contribution in [3.05, 3.63) is 65.7 Å². The van der Waals surface area contributed by atoms with Crippen LogP contribution in [0.3, 0.4) is 0 Å². The fourth-order valence-corrected chi connectivity index (χ4v) is 6.17. The Hall–Kier alpha value is -2.29. The van der Waals surface area contributed by atoms with Gasteiger partial charge in [-0.1, -0.05) is 42.5 Å². The van der Waals surface area contributed by atoms with Crippen LogP contribution in [0.1, 0.15) is 43.2 Å². The van der Waals surface area contributed by atoms with E-state index >= 15 is 0 Å². The molecule has 0 unspecified atom stereocenters. The third-order valence-corrected chi connectivity index (χ3v) is 7.28. The van der Waals surface area contributed by atoms with Gasteiger partial charge < -0.3 is 10.6 Å². The topological polar surface area (TPSA) is 41.1 Å². The maximum atomic E-state index is 12.6. The maximum Gasteiger partial charge on any atom is 0.319 e. The van der Waals surface area contributed by atoms with E-state index in [2.05, 4.69) is 53.1 Å². The number of hydrogen-bond donors (Lipinski definition) is 2. The molecule has 0 heterocycles. The van der Waals surface area contributed by atoms with Gasteiger partial charge in [0.1, 0.15) is 0 Å². The number of anilines is 1. The molecule has 0 saturated heterocycles. The van der Waals surface area contributed by atoms with Gasteiger partial charge in [0.15, 0.2) is 0 Å². The zero-order valence-electron chi connectivity index (χ0n) is 16.4. The molecule has 4 fully saturated rings. The number of aryl methyl sites for hydroxylation is 2. The molecule has 3 nitrogen and oxygen atoms in total. The molecule has 0 radical (unpaired) electrons. The summed E-state index contributed by atoms with van der Waals surface area (Å²) in [7, 11) is 0. The lowest BCUT2D eigenvalue weighted by molar-refractivity contribution is -0.00883. The number of nitrogens with one attached hydrogen (secondary N) is 2. The van der Waals surface area contributed by atoms with Crippen LogP contribution in [0.4, 0.5) is 10.5 Å². The van der Waals surface area contributed by atoms with Crippen LogP contribution in [0.25, 0.3) is 0 Å². The highest BCUT2D eigenvalue weighted by Gasteiger charge is 2.48. The highest BCUT2D eigenvalue weighted by Crippen LogP contribution is 2.53. The molecule has 6 rings (SSSR count). The molecule has 4 saturated carbocycles. The molecule has 0 spiro atoms. The Morgan fingerprint density at radius 3 is 1.93 bits per heavy atom. The van der Waals surface area contributed by atoms with Crippen molar-refractivity contribution >= 4 is 11.7 Å². The van der Waals surface area contributed by atoms with Gasteiger partial charge >= 0.3 is 6.03 Å². The van der Waals surface area contributed by atoms with Gasteiger partial charge in [0.2, 0.25) is 0 Å². The Morgan fingerprint density at radius 2 is 1.32 bits per heavy atom. The van der Waals surface area contributed by atoms with Crippen LogP contribution >= 0.6 is 0 Å². The molecule has 2 aromatic rings. The van der Waals surface area contributed by atoms with E-state index in [1.165, 1.54) is 43.2 Å². The van der Waals surface area contributed by atoms with E-state index in [-0.39, 0.29) is 6.03 Å². The minimum atomic E-state index is -0.0329. The van der Waals surface area contributed by atoms with Gasteiger partial charge in [-0.05, 0) is 91.9 Å². The standard InChI is InChI=1S/C25H30N2O/c28-25(27-24-21-13-19-12-20(15-21)16-22(24)14-19)26-23-10-8-18(9-11-23)7-6-17-4-2-1-3-5-17/h1-5,8-11,19-22,24H,6-7,12-16H2,(H2,26,27,28). The highest BCUT2D eigenvalue weighted by molar-refractivity contribution is 5.89. The van der Waals surface area contributed by atoms with Crippen molar-refractivity contribution in [2.75, 3.05) is 5.32 Å². The predicted octanol–water partition coefficient (Wildman–Crippen LogP) is 5.42. The average Bonchev–Trinajstić information content (AvgIpc) is 2.70. The molecule has 2 N–H and O–H groups in total. The lowest BCUT2D eigenvalue weighted by Crippen LogP contribution is -2.56. The molecule has 4 bridgehead atoms. The van der Waals surface area contributed by atoms with Crippen LogP contribution < -0.4 is 10.6 Å². The van der Waals surface area contributed by atoms with Gasteiger partial charge in [-0.3, -0.25) is 0 Å². The minimum absolute atomic E-state index is 0.0329. The van der Waals surface area contributed by atoms with Gasteiger partial charge in [0.05, 0.1) is 0 Å². The number of carbonyl (C=O) groups is 1. The molecule has 146 valence electrons. The predicted molar refractivity (Wildman–Crippen MR) is 113 cm³/mol. The SMILES string of the molecule is O=C(Nc1ccc(CCc2ccccc2)cc1)NC1C2CC3CC(C2)CC1C3. The van der Waals surface area contributed by atoms with Crippen LogP contribution in [-0.4, -0.2) is 12.1 Å². The molecule has 4 aliphatic rings. The van der Waals surface area contributed by atoms with Crippen LogP contribution in [0.5, 0.6) is 0 Å². The summed E-state index contributed by atoms with van der Waals surface area (Å²) in [5, 5.41) is 6.37. The third-order valence-electron chi connectivity index (χ3n) is 7.28. The first-order valence-electron chi connectivity index (χ1n) is 10.9. The van der Waals surface area contributed by atoms with Crippen LogP contribution in [0.2, 0.25) is 0 Å². The quantitative estimate of drug-likeness (QED) is 0.721. The van der Waals surface area contributed by atoms with Crippen molar-refractivity contribution in [3.8, 4) is 0 Å². The van der Waals surface area contributed by atoms with E-state index in [4.69, 9.17) is 0 Å². The number of urea groups is 1. The maximum absolute atomic E-state index is 12.6. The van der Waals surface area contributed by atoms with Gasteiger partial charge in [-0.15, -0.1) is 0 Å². The summed E-state index contributed by atoms with van der Waals surface area (Å²) in [4.78, 5) is 12.6. The fraction of sp³-hybridized carbons (Fsp3) is 0.480. The highest BCUT2D eigenvalue weighted by atomic mass is 16.2. The Labute approximate surface area is 167 Å². The van der Waals surface area contributed by atoms with Crippen molar-refractivity contribution < 1.29 is 4.79 Å². The molecule has 2 aromatic carbocycles. The molecule has 0 aliphatic heterocycles. The normalized spacial score (nSPS) is 30.2. The number of benzene rings is 2. The Morgan fingerprint density at radius 1 is 0.750 bits per heavy atom. The summed E-state index contributed by atoms with van der Waals surface area (Å²) in [5.41, 5.74) is 3.54. The van der Waals surface area contributed by atoms with Crippen molar-refractivity contribution in [1.29, 1.82) is 0 Å². The van der Waals surface area contributed by atoms with E-state index in [1.807, 2.05) is 12.1 Å². The molecule has 2 amide bonds. The zero-order valence-corrected chi connectivity index (χ0v) is 16.4. The third kappa shape index (κ3) is 3.80. The van der Waals surface area contributed by atoms with E-state index in [9.17, 15) is 4.79 Å². The van der Waals surface area contributed by atoms with Gasteiger partial charge in [-0.2, -0.15) is 0 Å². The van der Waals surface area contributed by atoms with Crippen molar-refractivity contribution in [3.63, 3.8) is 0 Å². The minimum Gasteiger partial charge on any atom is -0.335 e. The molecule has 3 heteroatoms. The average molecular weight is 375 g/mol. The Bertz CT molecular complexity index is 786. The number of rotatable bonds is 5. The van der Waals surface area contributed by atoms with Gasteiger partial charge in [0.25, 0.3) is 0 Å². The van der Waals surface area contributed by atoms with Gasteiger partial charge in [-0.25, -0.2) is 4.79 Å². The number of carbonyl (C=O) groups excluding carboxylic acids is 1. The summed E-state index contributed by atoms with van der Waals surface area (Å²) in [6.07, 6.45) is 8.82. The van der Waals surface area contributed by atoms with Crippen LogP contribution in [0, 0.1) is 23.7 Å². The smallest absolute Gasteiger partial charge is 0.319 e. The fourth-order valence-electron chi connectivity index (χ4n) is 6.17. The summed E-state index contributed by atoms with van der Waals surface area (Å²) in [5.74, 6) is 3.30. The van der Waals surface area contributed by atoms with Crippen molar-refractivity contribution in [1.82, 2.24) is 5.32 Å². The molecule has 0 atom stereocenters. The molecule has 28 heavy (non-hydrogen) atoms. The summed E-state index contributed by atoms with van der Waals surface area (Å²) < 4.78 is 0. The largest absolute Gasteiger partial charge is 0.335 e. The van der Waals surface area contributed by atoms with E-state index in [1.54, 1.807) is 0 Å². The lowest BCUT2D eigenvalue weighted by Gasteiger charge is -2.54. The summed E-state index contributed by atoms with van der Waals surface area (Å²) in [6, 6.07) is 19.2. The number of hydrogen-bond acceptors (Lipinski definition) is 1. The van der Waals surface area contributed by atoms with E-state index in [0.717, 1.165) is 30.4 Å². The molecule has 0 aromatic heterocycles. The summed E-state index contributed by atoms with van der Waals surface area (Å²) >= 11 is 0. The Kier molecular flexibility index (Phi) is 4.84. The van der Waals surface area contributed by atoms with Crippen molar-refractivity contribution in [2.24, 2.45) is 23.7 Å². The first kappa shape index (κ1) is 17.8. The summed E-state index contributed by atoms with van der Waals surface area (Å²) in [6.45, 7) is 0. The van der Waals surface area contributed by atoms with Gasteiger partial charge in [0, 0.05) is 11.7 Å². The second-order valence-electron chi connectivity index (χ2n) is 9.24. The van der Waals surface area contributed by atoms with Crippen LogP contribution in [0.15, 0.2) is 54.6 Å². The number of amides is 2. The molecular weight excluding hydrogens is 344 g/mol. The monoisotopic (exact) mass is 374 g/mol. The molecule has 4 aliphatic carbocycles. The molecular formula is C25H30N2O. The van der Waals surface area contributed by atoms with E-state index in [0.29, 0.717) is 17.9 Å². The first-order valence-corrected chi connectivity index (χ1v) is 10.9. The van der Waals surface area contributed by atoms with E-state index < -0.39 is 0 Å². The zero-order chi connectivity index (χ0) is 18.9.